The number of hydrogen-bond acceptors (Lipinski definition) is 5. The number of rotatable bonds is 2. The van der Waals surface area contributed by atoms with Crippen molar-refractivity contribution in [3.8, 4) is 5.75 Å². The Morgan fingerprint density at radius 3 is 3.00 bits per heavy atom. The van der Waals surface area contributed by atoms with Gasteiger partial charge in [0.25, 0.3) is 0 Å². The van der Waals surface area contributed by atoms with E-state index in [4.69, 9.17) is 0 Å². The maximum atomic E-state index is 10.9. The molecule has 0 spiro atoms. The lowest BCUT2D eigenvalue weighted by Gasteiger charge is -2.19. The topological polar surface area (TPSA) is 64.6 Å². The van der Waals surface area contributed by atoms with E-state index in [1.807, 2.05) is 5.41 Å². The van der Waals surface area contributed by atoms with Crippen molar-refractivity contribution in [3.05, 3.63) is 29.8 Å². The summed E-state index contributed by atoms with van der Waals surface area (Å²) in [5.41, 5.74) is 3.94. The highest BCUT2D eigenvalue weighted by molar-refractivity contribution is 8.03. The van der Waals surface area contributed by atoms with Crippen LogP contribution in [0.4, 0.5) is 11.4 Å². The number of phenolic OH excluding ortho intramolecular Hbond substituents is 1. The first kappa shape index (κ1) is 10.7. The lowest BCUT2D eigenvalue weighted by molar-refractivity contribution is -0.114. The number of carbonyl (C=O) groups is 1. The average Bonchev–Trinajstić information content (AvgIpc) is 2.73. The van der Waals surface area contributed by atoms with Crippen LogP contribution < -0.4 is 15.2 Å². The van der Waals surface area contributed by atoms with Gasteiger partial charge < -0.3 is 10.4 Å². The van der Waals surface area contributed by atoms with Crippen LogP contribution in [-0.2, 0) is 4.79 Å². The van der Waals surface area contributed by atoms with Crippen LogP contribution in [0.15, 0.2) is 29.8 Å². The smallest absolute Gasteiger partial charge is 0.221 e. The van der Waals surface area contributed by atoms with E-state index in [1.54, 1.807) is 28.8 Å². The maximum Gasteiger partial charge on any atom is 0.221 e. The fraction of sp³-hybridized carbons (Fsp3) is 0.100. The molecule has 0 aliphatic carbocycles. The van der Waals surface area contributed by atoms with Gasteiger partial charge in [0.1, 0.15) is 5.69 Å². The van der Waals surface area contributed by atoms with Crippen LogP contribution in [0, 0.1) is 0 Å². The monoisotopic (exact) mass is 237 g/mol. The number of nitrogens with zero attached hydrogens (tertiary/aromatic N) is 1. The molecule has 3 N–H and O–H groups in total. The van der Waals surface area contributed by atoms with E-state index in [0.29, 0.717) is 11.4 Å². The first-order chi connectivity index (χ1) is 7.68. The molecule has 0 bridgehead atoms. The summed E-state index contributed by atoms with van der Waals surface area (Å²) in [6, 6.07) is 5.17. The third-order valence-electron chi connectivity index (χ3n) is 1.97. The van der Waals surface area contributed by atoms with Crippen molar-refractivity contribution in [2.24, 2.45) is 0 Å². The predicted molar refractivity (Wildman–Crippen MR) is 64.8 cm³/mol. The largest absolute Gasteiger partial charge is 0.504 e. The molecule has 16 heavy (non-hydrogen) atoms. The molecular formula is C10H11N3O2S. The molecule has 1 aromatic rings. The zero-order valence-corrected chi connectivity index (χ0v) is 9.41. The van der Waals surface area contributed by atoms with Crippen LogP contribution in [-0.4, -0.2) is 11.0 Å². The molecule has 1 heterocycles. The molecule has 5 nitrogen and oxygen atoms in total. The van der Waals surface area contributed by atoms with Gasteiger partial charge in [-0.15, -0.1) is 0 Å². The van der Waals surface area contributed by atoms with Crippen molar-refractivity contribution < 1.29 is 9.90 Å². The first-order valence-electron chi connectivity index (χ1n) is 4.66. The molecule has 1 amide bonds. The van der Waals surface area contributed by atoms with Gasteiger partial charge in [0.2, 0.25) is 5.91 Å². The second-order valence-electron chi connectivity index (χ2n) is 3.19. The molecule has 0 radical (unpaired) electrons. The molecule has 6 heteroatoms. The Morgan fingerprint density at radius 1 is 1.56 bits per heavy atom. The summed E-state index contributed by atoms with van der Waals surface area (Å²) in [7, 11) is 0. The van der Waals surface area contributed by atoms with Crippen molar-refractivity contribution in [2.45, 2.75) is 6.92 Å². The fourth-order valence-corrected chi connectivity index (χ4v) is 1.96. The maximum absolute atomic E-state index is 10.9. The SMILES string of the molecule is CC(=O)Nc1cccc(N2NC=CS2)c1O. The molecule has 2 rings (SSSR count). The van der Waals surface area contributed by atoms with E-state index < -0.39 is 0 Å². The molecule has 0 saturated carbocycles. The number of hydrogen-bond donors (Lipinski definition) is 3. The predicted octanol–water partition coefficient (Wildman–Crippen LogP) is 1.79. The number of para-hydroxylation sites is 1. The van der Waals surface area contributed by atoms with Gasteiger partial charge in [0, 0.05) is 30.5 Å². The minimum Gasteiger partial charge on any atom is -0.504 e. The Hall–Kier alpha value is -1.82. The van der Waals surface area contributed by atoms with Crippen LogP contribution in [0.3, 0.4) is 0 Å². The summed E-state index contributed by atoms with van der Waals surface area (Å²) in [6.07, 6.45) is 1.76. The number of phenols is 1. The molecule has 1 aromatic carbocycles. The van der Waals surface area contributed by atoms with Crippen molar-refractivity contribution in [1.82, 2.24) is 5.43 Å². The summed E-state index contributed by atoms with van der Waals surface area (Å²) in [5, 5.41) is 14.4. The van der Waals surface area contributed by atoms with Crippen molar-refractivity contribution in [1.29, 1.82) is 0 Å². The summed E-state index contributed by atoms with van der Waals surface area (Å²) < 4.78 is 1.70. The van der Waals surface area contributed by atoms with E-state index >= 15 is 0 Å². The molecular weight excluding hydrogens is 226 g/mol. The lowest BCUT2D eigenvalue weighted by atomic mass is 10.2. The lowest BCUT2D eigenvalue weighted by Crippen LogP contribution is -2.22. The average molecular weight is 237 g/mol. The summed E-state index contributed by atoms with van der Waals surface area (Å²) in [4.78, 5) is 10.9. The Labute approximate surface area is 97.2 Å². The molecule has 0 aromatic heterocycles. The quantitative estimate of drug-likeness (QED) is 0.540. The number of aromatic hydroxyl groups is 1. The third kappa shape index (κ3) is 2.06. The zero-order valence-electron chi connectivity index (χ0n) is 8.60. The Morgan fingerprint density at radius 2 is 2.38 bits per heavy atom. The number of nitrogens with one attached hydrogen (secondary N) is 2. The molecule has 1 aliphatic heterocycles. The van der Waals surface area contributed by atoms with Crippen LogP contribution in [0.2, 0.25) is 0 Å². The normalized spacial score (nSPS) is 13.7. The molecule has 84 valence electrons. The number of benzene rings is 1. The van der Waals surface area contributed by atoms with Gasteiger partial charge in [-0.3, -0.25) is 10.2 Å². The molecule has 1 aliphatic rings. The number of amides is 1. The van der Waals surface area contributed by atoms with Crippen molar-refractivity contribution in [3.63, 3.8) is 0 Å². The minimum absolute atomic E-state index is 0.0430. The van der Waals surface area contributed by atoms with E-state index in [9.17, 15) is 9.90 Å². The fourth-order valence-electron chi connectivity index (χ4n) is 1.33. The van der Waals surface area contributed by atoms with Crippen molar-refractivity contribution in [2.75, 3.05) is 9.73 Å². The van der Waals surface area contributed by atoms with Gasteiger partial charge >= 0.3 is 0 Å². The van der Waals surface area contributed by atoms with Gasteiger partial charge in [-0.1, -0.05) is 6.07 Å². The highest BCUT2D eigenvalue weighted by atomic mass is 32.2. The van der Waals surface area contributed by atoms with Gasteiger partial charge in [0.05, 0.1) is 5.69 Å². The van der Waals surface area contributed by atoms with Crippen molar-refractivity contribution >= 4 is 29.2 Å². The molecule has 0 unspecified atom stereocenters. The third-order valence-corrected chi connectivity index (χ3v) is 2.74. The Bertz CT molecular complexity index is 440. The van der Waals surface area contributed by atoms with Gasteiger partial charge in [-0.25, -0.2) is 4.41 Å². The number of anilines is 2. The summed E-state index contributed by atoms with van der Waals surface area (Å²) in [6.45, 7) is 1.40. The van der Waals surface area contributed by atoms with Gasteiger partial charge in [-0.2, -0.15) is 0 Å². The summed E-state index contributed by atoms with van der Waals surface area (Å²) in [5.74, 6) is -0.172. The van der Waals surface area contributed by atoms with E-state index in [1.165, 1.54) is 18.9 Å². The van der Waals surface area contributed by atoms with E-state index in [2.05, 4.69) is 10.7 Å². The highest BCUT2D eigenvalue weighted by Gasteiger charge is 2.15. The van der Waals surface area contributed by atoms with Crippen LogP contribution in [0.25, 0.3) is 0 Å². The number of carbonyl (C=O) groups excluding carboxylic acids is 1. The zero-order chi connectivity index (χ0) is 11.5. The van der Waals surface area contributed by atoms with Crippen LogP contribution >= 0.6 is 11.9 Å². The Balaban J connectivity index is 2.28. The van der Waals surface area contributed by atoms with Crippen LogP contribution in [0.1, 0.15) is 6.92 Å². The first-order valence-corrected chi connectivity index (χ1v) is 5.50. The van der Waals surface area contributed by atoms with E-state index in [0.717, 1.165) is 0 Å². The minimum atomic E-state index is -0.215. The number of hydrazine groups is 1. The second kappa shape index (κ2) is 4.36. The van der Waals surface area contributed by atoms with Crippen LogP contribution in [0.5, 0.6) is 5.75 Å². The highest BCUT2D eigenvalue weighted by Crippen LogP contribution is 2.37. The molecule has 0 saturated heterocycles. The van der Waals surface area contributed by atoms with Gasteiger partial charge in [-0.05, 0) is 12.1 Å². The Kier molecular flexibility index (Phi) is 2.91. The summed E-state index contributed by atoms with van der Waals surface area (Å²) >= 11 is 1.41. The van der Waals surface area contributed by atoms with Gasteiger partial charge in [0.15, 0.2) is 5.75 Å². The second-order valence-corrected chi connectivity index (χ2v) is 4.03. The molecule has 0 fully saturated rings. The molecule has 0 atom stereocenters. The van der Waals surface area contributed by atoms with E-state index in [-0.39, 0.29) is 11.7 Å². The standard InChI is InChI=1S/C10H11N3O2S/c1-7(14)12-8-3-2-4-9(10(8)15)13-11-5-6-16-13/h2-6,11,15H,1H3,(H,12,14).